The third-order valence-electron chi connectivity index (χ3n) is 2.49. The summed E-state index contributed by atoms with van der Waals surface area (Å²) in [5.41, 5.74) is -0.673. The third kappa shape index (κ3) is 2.82. The molecule has 3 nitrogen and oxygen atoms in total. The van der Waals surface area contributed by atoms with Gasteiger partial charge < -0.3 is 10.4 Å². The summed E-state index contributed by atoms with van der Waals surface area (Å²) >= 11 is 0. The molecule has 0 aromatic heterocycles. The van der Waals surface area contributed by atoms with Crippen molar-refractivity contribution in [2.45, 2.75) is 44.1 Å². The Hall–Kier alpha value is -0.870. The van der Waals surface area contributed by atoms with Crippen LogP contribution in [0.15, 0.2) is 0 Å². The SMILES string of the molecule is CC1(NC(=O)O)CCC(F)(F)CC1. The molecule has 5 heteroatoms. The van der Waals surface area contributed by atoms with Crippen molar-refractivity contribution >= 4 is 6.09 Å². The van der Waals surface area contributed by atoms with Crippen LogP contribution in [-0.2, 0) is 0 Å². The molecule has 1 aliphatic carbocycles. The molecule has 13 heavy (non-hydrogen) atoms. The fraction of sp³-hybridized carbons (Fsp3) is 0.875. The molecule has 0 spiro atoms. The molecule has 0 unspecified atom stereocenters. The Morgan fingerprint density at radius 3 is 2.15 bits per heavy atom. The van der Waals surface area contributed by atoms with Gasteiger partial charge in [0.2, 0.25) is 5.92 Å². The van der Waals surface area contributed by atoms with Crippen LogP contribution in [0.2, 0.25) is 0 Å². The van der Waals surface area contributed by atoms with Crippen molar-refractivity contribution in [2.75, 3.05) is 0 Å². The largest absolute Gasteiger partial charge is 0.465 e. The van der Waals surface area contributed by atoms with Crippen LogP contribution in [0, 0.1) is 0 Å². The summed E-state index contributed by atoms with van der Waals surface area (Å²) in [5.74, 6) is -2.61. The zero-order valence-electron chi connectivity index (χ0n) is 7.44. The summed E-state index contributed by atoms with van der Waals surface area (Å²) in [4.78, 5) is 10.3. The Balaban J connectivity index is 2.51. The normalized spacial score (nSPS) is 25.2. The molecule has 1 aliphatic rings. The first-order valence-electron chi connectivity index (χ1n) is 4.22. The van der Waals surface area contributed by atoms with Crippen LogP contribution >= 0.6 is 0 Å². The maximum absolute atomic E-state index is 12.7. The average molecular weight is 193 g/mol. The lowest BCUT2D eigenvalue weighted by Gasteiger charge is -2.36. The Kier molecular flexibility index (Phi) is 2.45. The van der Waals surface area contributed by atoms with Gasteiger partial charge in [-0.05, 0) is 19.8 Å². The first-order chi connectivity index (χ1) is 5.83. The highest BCUT2D eigenvalue weighted by Gasteiger charge is 2.41. The van der Waals surface area contributed by atoms with E-state index in [-0.39, 0.29) is 25.7 Å². The summed E-state index contributed by atoms with van der Waals surface area (Å²) in [6.07, 6.45) is -1.21. The lowest BCUT2D eigenvalue weighted by molar-refractivity contribution is -0.0524. The second-order valence-corrected chi connectivity index (χ2v) is 3.85. The lowest BCUT2D eigenvalue weighted by Crippen LogP contribution is -2.49. The van der Waals surface area contributed by atoms with Gasteiger partial charge in [-0.1, -0.05) is 0 Å². The van der Waals surface area contributed by atoms with Gasteiger partial charge in [0.1, 0.15) is 0 Å². The van der Waals surface area contributed by atoms with E-state index in [4.69, 9.17) is 5.11 Å². The molecule has 0 radical (unpaired) electrons. The number of amides is 1. The van der Waals surface area contributed by atoms with Crippen LogP contribution in [-0.4, -0.2) is 22.7 Å². The minimum Gasteiger partial charge on any atom is -0.465 e. The minimum absolute atomic E-state index is 0.201. The molecule has 0 aliphatic heterocycles. The highest BCUT2D eigenvalue weighted by Crippen LogP contribution is 2.38. The molecule has 1 rings (SSSR count). The predicted octanol–water partition coefficient (Wildman–Crippen LogP) is 2.22. The van der Waals surface area contributed by atoms with Crippen LogP contribution in [0.3, 0.4) is 0 Å². The average Bonchev–Trinajstić information content (AvgIpc) is 1.95. The van der Waals surface area contributed by atoms with Crippen molar-refractivity contribution < 1.29 is 18.7 Å². The zero-order valence-corrected chi connectivity index (χ0v) is 7.44. The number of rotatable bonds is 1. The topological polar surface area (TPSA) is 49.3 Å². The molecular formula is C8H13F2NO2. The third-order valence-corrected chi connectivity index (χ3v) is 2.49. The maximum atomic E-state index is 12.7. The second kappa shape index (κ2) is 3.12. The Morgan fingerprint density at radius 2 is 1.77 bits per heavy atom. The molecule has 0 heterocycles. The van der Waals surface area contributed by atoms with E-state index in [0.29, 0.717) is 0 Å². The van der Waals surface area contributed by atoms with Gasteiger partial charge >= 0.3 is 6.09 Å². The van der Waals surface area contributed by atoms with Gasteiger partial charge in [0.25, 0.3) is 0 Å². The van der Waals surface area contributed by atoms with Crippen molar-refractivity contribution in [1.29, 1.82) is 0 Å². The van der Waals surface area contributed by atoms with Gasteiger partial charge in [-0.2, -0.15) is 0 Å². The smallest absolute Gasteiger partial charge is 0.405 e. The van der Waals surface area contributed by atoms with Gasteiger partial charge in [0, 0.05) is 18.4 Å². The van der Waals surface area contributed by atoms with Gasteiger partial charge in [0.15, 0.2) is 0 Å². The summed E-state index contributed by atoms with van der Waals surface area (Å²) in [5, 5.41) is 10.7. The fourth-order valence-corrected chi connectivity index (χ4v) is 1.55. The van der Waals surface area contributed by atoms with Crippen LogP contribution in [0.25, 0.3) is 0 Å². The fourth-order valence-electron chi connectivity index (χ4n) is 1.55. The van der Waals surface area contributed by atoms with E-state index >= 15 is 0 Å². The maximum Gasteiger partial charge on any atom is 0.405 e. The van der Waals surface area contributed by atoms with E-state index in [1.807, 2.05) is 0 Å². The predicted molar refractivity (Wildman–Crippen MR) is 43.0 cm³/mol. The highest BCUT2D eigenvalue weighted by atomic mass is 19.3. The second-order valence-electron chi connectivity index (χ2n) is 3.85. The van der Waals surface area contributed by atoms with E-state index in [2.05, 4.69) is 5.32 Å². The van der Waals surface area contributed by atoms with E-state index in [0.717, 1.165) is 0 Å². The molecule has 1 fully saturated rings. The number of carboxylic acid groups (broad SMARTS) is 1. The van der Waals surface area contributed by atoms with Crippen molar-refractivity contribution in [3.63, 3.8) is 0 Å². The Bertz CT molecular complexity index is 208. The van der Waals surface area contributed by atoms with Crippen LogP contribution in [0.5, 0.6) is 0 Å². The summed E-state index contributed by atoms with van der Waals surface area (Å²) in [7, 11) is 0. The molecule has 2 N–H and O–H groups in total. The molecule has 0 bridgehead atoms. The quantitative estimate of drug-likeness (QED) is 0.670. The molecular weight excluding hydrogens is 180 g/mol. The van der Waals surface area contributed by atoms with E-state index in [9.17, 15) is 13.6 Å². The summed E-state index contributed by atoms with van der Waals surface area (Å²) < 4.78 is 25.4. The number of alkyl halides is 2. The van der Waals surface area contributed by atoms with E-state index in [1.165, 1.54) is 0 Å². The van der Waals surface area contributed by atoms with Crippen LogP contribution in [0.4, 0.5) is 13.6 Å². The molecule has 0 saturated heterocycles. The molecule has 1 saturated carbocycles. The zero-order chi connectivity index (χ0) is 10.1. The van der Waals surface area contributed by atoms with Crippen molar-refractivity contribution in [1.82, 2.24) is 5.32 Å². The number of carbonyl (C=O) groups is 1. The summed E-state index contributed by atoms with van der Waals surface area (Å²) in [6, 6.07) is 0. The van der Waals surface area contributed by atoms with E-state index in [1.54, 1.807) is 6.92 Å². The van der Waals surface area contributed by atoms with Gasteiger partial charge in [-0.25, -0.2) is 13.6 Å². The number of nitrogens with one attached hydrogen (secondary N) is 1. The first kappa shape index (κ1) is 10.2. The van der Waals surface area contributed by atoms with Crippen LogP contribution < -0.4 is 5.32 Å². The molecule has 0 aromatic rings. The highest BCUT2D eigenvalue weighted by molar-refractivity contribution is 5.65. The molecule has 76 valence electrons. The summed E-state index contributed by atoms with van der Waals surface area (Å²) in [6.45, 7) is 1.66. The Labute approximate surface area is 75.1 Å². The van der Waals surface area contributed by atoms with Crippen molar-refractivity contribution in [3.05, 3.63) is 0 Å². The number of hydrogen-bond acceptors (Lipinski definition) is 1. The number of halogens is 2. The van der Waals surface area contributed by atoms with Crippen molar-refractivity contribution in [3.8, 4) is 0 Å². The van der Waals surface area contributed by atoms with Crippen LogP contribution in [0.1, 0.15) is 32.6 Å². The minimum atomic E-state index is -2.61. The first-order valence-corrected chi connectivity index (χ1v) is 4.22. The van der Waals surface area contributed by atoms with Crippen molar-refractivity contribution in [2.24, 2.45) is 0 Å². The van der Waals surface area contributed by atoms with E-state index < -0.39 is 17.6 Å². The Morgan fingerprint density at radius 1 is 1.31 bits per heavy atom. The molecule has 0 aromatic carbocycles. The standard InChI is InChI=1S/C8H13F2NO2/c1-7(11-6(12)13)2-4-8(9,10)5-3-7/h11H,2-5H2,1H3,(H,12,13). The number of hydrogen-bond donors (Lipinski definition) is 2. The molecule has 0 atom stereocenters. The van der Waals surface area contributed by atoms with Gasteiger partial charge in [0.05, 0.1) is 0 Å². The van der Waals surface area contributed by atoms with Gasteiger partial charge in [-0.15, -0.1) is 0 Å². The lowest BCUT2D eigenvalue weighted by atomic mass is 9.81. The van der Waals surface area contributed by atoms with Gasteiger partial charge in [-0.3, -0.25) is 0 Å². The monoisotopic (exact) mass is 193 g/mol. The molecule has 1 amide bonds.